The summed E-state index contributed by atoms with van der Waals surface area (Å²) in [5.74, 6) is -0.0113. The number of pyridine rings is 1. The van der Waals surface area contributed by atoms with E-state index in [-0.39, 0.29) is 5.91 Å². The number of carbonyl (C=O) groups excluding carboxylic acids is 1. The van der Waals surface area contributed by atoms with Crippen LogP contribution in [-0.2, 0) is 11.2 Å². The predicted octanol–water partition coefficient (Wildman–Crippen LogP) is 3.53. The lowest BCUT2D eigenvalue weighted by Crippen LogP contribution is -2.30. The maximum absolute atomic E-state index is 12.5. The van der Waals surface area contributed by atoms with E-state index in [1.54, 1.807) is 17.3 Å². The van der Waals surface area contributed by atoms with Gasteiger partial charge in [-0.25, -0.2) is 0 Å². The summed E-state index contributed by atoms with van der Waals surface area (Å²) in [6.07, 6.45) is 6.09. The number of carbonyl (C=O) groups is 1. The molecule has 0 radical (unpaired) electrons. The topological polar surface area (TPSA) is 33.2 Å². The lowest BCUT2D eigenvalue weighted by atomic mass is 10.1. The van der Waals surface area contributed by atoms with Gasteiger partial charge in [-0.05, 0) is 35.8 Å². The maximum atomic E-state index is 12.5. The van der Waals surface area contributed by atoms with E-state index in [0.29, 0.717) is 15.8 Å². The quantitative estimate of drug-likeness (QED) is 0.636. The van der Waals surface area contributed by atoms with Crippen molar-refractivity contribution in [2.45, 2.75) is 6.42 Å². The van der Waals surface area contributed by atoms with Crippen molar-refractivity contribution >= 4 is 40.3 Å². The van der Waals surface area contributed by atoms with Crippen molar-refractivity contribution in [3.8, 4) is 0 Å². The van der Waals surface area contributed by atoms with Gasteiger partial charge in [-0.3, -0.25) is 14.7 Å². The SMILES string of the molecule is O=C1/C(=C\c2ccncc2)SC(=S)N1CCc1ccccc1. The molecule has 110 valence electrons. The average molecular weight is 326 g/mol. The van der Waals surface area contributed by atoms with Crippen LogP contribution in [0.3, 0.4) is 0 Å². The Balaban J connectivity index is 1.71. The summed E-state index contributed by atoms with van der Waals surface area (Å²) in [5.41, 5.74) is 2.16. The second-order valence-corrected chi connectivity index (χ2v) is 6.53. The van der Waals surface area contributed by atoms with Crippen LogP contribution in [-0.4, -0.2) is 26.7 Å². The third-order valence-electron chi connectivity index (χ3n) is 3.34. The Morgan fingerprint density at radius 2 is 1.86 bits per heavy atom. The van der Waals surface area contributed by atoms with Gasteiger partial charge in [0.15, 0.2) is 0 Å². The Labute approximate surface area is 139 Å². The van der Waals surface area contributed by atoms with E-state index in [2.05, 4.69) is 17.1 Å². The number of hydrogen-bond donors (Lipinski definition) is 0. The summed E-state index contributed by atoms with van der Waals surface area (Å²) >= 11 is 6.70. The zero-order chi connectivity index (χ0) is 15.4. The van der Waals surface area contributed by atoms with E-state index in [1.807, 2.05) is 36.4 Å². The number of hydrogen-bond acceptors (Lipinski definition) is 4. The largest absolute Gasteiger partial charge is 0.293 e. The molecule has 0 bridgehead atoms. The van der Waals surface area contributed by atoms with E-state index >= 15 is 0 Å². The second kappa shape index (κ2) is 6.85. The Morgan fingerprint density at radius 1 is 1.14 bits per heavy atom. The number of rotatable bonds is 4. The first-order valence-electron chi connectivity index (χ1n) is 6.93. The maximum Gasteiger partial charge on any atom is 0.266 e. The lowest BCUT2D eigenvalue weighted by molar-refractivity contribution is -0.122. The van der Waals surface area contributed by atoms with Gasteiger partial charge in [-0.2, -0.15) is 0 Å². The van der Waals surface area contributed by atoms with Crippen molar-refractivity contribution in [3.63, 3.8) is 0 Å². The molecule has 0 spiro atoms. The van der Waals surface area contributed by atoms with E-state index < -0.39 is 0 Å². The summed E-state index contributed by atoms with van der Waals surface area (Å²) in [7, 11) is 0. The molecule has 1 aromatic heterocycles. The van der Waals surface area contributed by atoms with Crippen LogP contribution in [0.5, 0.6) is 0 Å². The smallest absolute Gasteiger partial charge is 0.266 e. The van der Waals surface area contributed by atoms with Crippen LogP contribution in [0.2, 0.25) is 0 Å². The number of benzene rings is 1. The van der Waals surface area contributed by atoms with Gasteiger partial charge in [0.25, 0.3) is 5.91 Å². The van der Waals surface area contributed by atoms with Crippen LogP contribution in [0, 0.1) is 0 Å². The summed E-state index contributed by atoms with van der Waals surface area (Å²) in [6.45, 7) is 0.613. The lowest BCUT2D eigenvalue weighted by Gasteiger charge is -2.14. The molecule has 0 unspecified atom stereocenters. The fourth-order valence-corrected chi connectivity index (χ4v) is 3.50. The summed E-state index contributed by atoms with van der Waals surface area (Å²) in [6, 6.07) is 13.9. The molecule has 5 heteroatoms. The molecule has 0 N–H and O–H groups in total. The zero-order valence-corrected chi connectivity index (χ0v) is 13.4. The number of thiocarbonyl (C=S) groups is 1. The van der Waals surface area contributed by atoms with Gasteiger partial charge in [0.1, 0.15) is 4.32 Å². The highest BCUT2D eigenvalue weighted by Gasteiger charge is 2.31. The van der Waals surface area contributed by atoms with Crippen LogP contribution < -0.4 is 0 Å². The zero-order valence-electron chi connectivity index (χ0n) is 11.8. The van der Waals surface area contributed by atoms with Crippen LogP contribution in [0.15, 0.2) is 59.8 Å². The summed E-state index contributed by atoms with van der Waals surface area (Å²) in [5, 5.41) is 0. The molecule has 3 nitrogen and oxygen atoms in total. The first-order valence-corrected chi connectivity index (χ1v) is 8.16. The first-order chi connectivity index (χ1) is 10.7. The van der Waals surface area contributed by atoms with E-state index in [4.69, 9.17) is 12.2 Å². The minimum Gasteiger partial charge on any atom is -0.293 e. The number of amides is 1. The Bertz CT molecular complexity index is 714. The van der Waals surface area contributed by atoms with Crippen molar-refractivity contribution in [1.82, 2.24) is 9.88 Å². The molecule has 1 aromatic carbocycles. The molecule has 2 aromatic rings. The highest BCUT2D eigenvalue weighted by Crippen LogP contribution is 2.32. The van der Waals surface area contributed by atoms with E-state index in [9.17, 15) is 4.79 Å². The molecule has 1 amide bonds. The van der Waals surface area contributed by atoms with Crippen LogP contribution in [0.25, 0.3) is 6.08 Å². The van der Waals surface area contributed by atoms with Crippen LogP contribution in [0.4, 0.5) is 0 Å². The molecule has 22 heavy (non-hydrogen) atoms. The summed E-state index contributed by atoms with van der Waals surface area (Å²) in [4.78, 5) is 18.8. The number of thioether (sulfide) groups is 1. The Morgan fingerprint density at radius 3 is 2.59 bits per heavy atom. The van der Waals surface area contributed by atoms with Gasteiger partial charge in [0, 0.05) is 18.9 Å². The van der Waals surface area contributed by atoms with Gasteiger partial charge in [0.2, 0.25) is 0 Å². The molecule has 3 rings (SSSR count). The second-order valence-electron chi connectivity index (χ2n) is 4.85. The van der Waals surface area contributed by atoms with Crippen molar-refractivity contribution in [2.24, 2.45) is 0 Å². The highest BCUT2D eigenvalue weighted by atomic mass is 32.2. The molecule has 0 atom stereocenters. The standard InChI is InChI=1S/C17H14N2OS2/c20-16-15(12-14-6-9-18-10-7-14)22-17(21)19(16)11-8-13-4-2-1-3-5-13/h1-7,9-10,12H,8,11H2/b15-12+. The third-order valence-corrected chi connectivity index (χ3v) is 4.72. The van der Waals surface area contributed by atoms with E-state index in [0.717, 1.165) is 12.0 Å². The monoisotopic (exact) mass is 326 g/mol. The molecular formula is C17H14N2OS2. The van der Waals surface area contributed by atoms with Gasteiger partial charge in [-0.15, -0.1) is 0 Å². The van der Waals surface area contributed by atoms with Gasteiger partial charge < -0.3 is 0 Å². The molecule has 2 heterocycles. The minimum absolute atomic E-state index is 0.0113. The first kappa shape index (κ1) is 14.9. The molecule has 0 saturated carbocycles. The van der Waals surface area contributed by atoms with Crippen molar-refractivity contribution in [1.29, 1.82) is 0 Å². The number of nitrogens with zero attached hydrogens (tertiary/aromatic N) is 2. The van der Waals surface area contributed by atoms with Crippen LogP contribution >= 0.6 is 24.0 Å². The van der Waals surface area contributed by atoms with Crippen LogP contribution in [0.1, 0.15) is 11.1 Å². The fourth-order valence-electron chi connectivity index (χ4n) is 2.19. The predicted molar refractivity (Wildman–Crippen MR) is 94.3 cm³/mol. The average Bonchev–Trinajstić information content (AvgIpc) is 2.81. The van der Waals surface area contributed by atoms with Gasteiger partial charge in [0.05, 0.1) is 4.91 Å². The van der Waals surface area contributed by atoms with Crippen molar-refractivity contribution in [3.05, 3.63) is 70.9 Å². The molecule has 1 aliphatic heterocycles. The highest BCUT2D eigenvalue weighted by molar-refractivity contribution is 8.26. The van der Waals surface area contributed by atoms with Gasteiger partial charge >= 0.3 is 0 Å². The van der Waals surface area contributed by atoms with Crippen molar-refractivity contribution in [2.75, 3.05) is 6.54 Å². The molecular weight excluding hydrogens is 312 g/mol. The third kappa shape index (κ3) is 3.43. The van der Waals surface area contributed by atoms with E-state index in [1.165, 1.54) is 17.3 Å². The molecule has 1 saturated heterocycles. The van der Waals surface area contributed by atoms with Crippen molar-refractivity contribution < 1.29 is 4.79 Å². The summed E-state index contributed by atoms with van der Waals surface area (Å²) < 4.78 is 0.626. The Hall–Kier alpha value is -1.98. The fraction of sp³-hybridized carbons (Fsp3) is 0.118. The minimum atomic E-state index is -0.0113. The Kier molecular flexibility index (Phi) is 4.65. The van der Waals surface area contributed by atoms with Gasteiger partial charge in [-0.1, -0.05) is 54.3 Å². The number of aromatic nitrogens is 1. The molecule has 1 aliphatic rings. The molecule has 1 fully saturated rings. The molecule has 0 aliphatic carbocycles. The normalized spacial score (nSPS) is 16.5.